The Morgan fingerprint density at radius 1 is 1.26 bits per heavy atom. The van der Waals surface area contributed by atoms with Gasteiger partial charge in [-0.05, 0) is 23.2 Å². The lowest BCUT2D eigenvalue weighted by Crippen LogP contribution is -2.34. The molecule has 5 heteroatoms. The first-order valence-electron chi connectivity index (χ1n) is 7.11. The third kappa shape index (κ3) is 3.12. The molecule has 110 valence electrons. The van der Waals surface area contributed by atoms with Gasteiger partial charge in [0.2, 0.25) is 5.91 Å². The Hall–Kier alpha value is -0.580. The van der Waals surface area contributed by atoms with Crippen LogP contribution in [0.2, 0.25) is 0 Å². The minimum absolute atomic E-state index is 0.000754. The maximum absolute atomic E-state index is 12.0. The van der Waals surface area contributed by atoms with Crippen molar-refractivity contribution in [1.82, 2.24) is 4.90 Å². The summed E-state index contributed by atoms with van der Waals surface area (Å²) >= 11 is 0. The Morgan fingerprint density at radius 3 is 2.26 bits per heavy atom. The zero-order valence-electron chi connectivity index (χ0n) is 12.3. The predicted octanol–water partition coefficient (Wildman–Crippen LogP) is 1.56. The molecule has 0 N–H and O–H groups in total. The fraction of sp³-hybridized carbons (Fsp3) is 0.929. The number of carbonyl (C=O) groups excluding carboxylic acids is 1. The number of amides is 1. The highest BCUT2D eigenvalue weighted by Gasteiger charge is 2.62. The Labute approximate surface area is 116 Å². The molecule has 1 aliphatic heterocycles. The lowest BCUT2D eigenvalue weighted by Gasteiger charge is -2.22. The van der Waals surface area contributed by atoms with E-state index in [1.165, 1.54) is 0 Å². The normalized spacial score (nSPS) is 28.6. The van der Waals surface area contributed by atoms with E-state index in [1.807, 2.05) is 18.7 Å². The smallest absolute Gasteiger partial charge is 0.223 e. The monoisotopic (exact) mass is 287 g/mol. The molecule has 0 unspecified atom stereocenters. The first-order chi connectivity index (χ1) is 8.63. The zero-order valence-corrected chi connectivity index (χ0v) is 13.2. The van der Waals surface area contributed by atoms with Crippen molar-refractivity contribution in [3.8, 4) is 0 Å². The molecule has 0 aromatic carbocycles. The molecule has 1 saturated carbocycles. The maximum Gasteiger partial charge on any atom is 0.223 e. The van der Waals surface area contributed by atoms with Crippen LogP contribution in [-0.2, 0) is 14.6 Å². The number of fused-ring (bicyclic) bond motifs is 1. The summed E-state index contributed by atoms with van der Waals surface area (Å²) in [5.41, 5.74) is 0.389. The van der Waals surface area contributed by atoms with Gasteiger partial charge >= 0.3 is 0 Å². The predicted molar refractivity (Wildman–Crippen MR) is 75.4 cm³/mol. The van der Waals surface area contributed by atoms with E-state index in [0.717, 1.165) is 13.1 Å². The molecule has 0 spiro atoms. The van der Waals surface area contributed by atoms with Gasteiger partial charge in [0.25, 0.3) is 0 Å². The molecule has 19 heavy (non-hydrogen) atoms. The van der Waals surface area contributed by atoms with Crippen LogP contribution in [0.25, 0.3) is 0 Å². The van der Waals surface area contributed by atoms with E-state index in [4.69, 9.17) is 0 Å². The van der Waals surface area contributed by atoms with Crippen molar-refractivity contribution in [2.24, 2.45) is 23.2 Å². The van der Waals surface area contributed by atoms with E-state index in [0.29, 0.717) is 17.3 Å². The van der Waals surface area contributed by atoms with Crippen LogP contribution in [0.15, 0.2) is 0 Å². The first-order valence-corrected chi connectivity index (χ1v) is 8.94. The number of hydrogen-bond acceptors (Lipinski definition) is 3. The van der Waals surface area contributed by atoms with Gasteiger partial charge < -0.3 is 4.90 Å². The van der Waals surface area contributed by atoms with E-state index in [1.54, 1.807) is 0 Å². The molecule has 0 aromatic heterocycles. The topological polar surface area (TPSA) is 54.5 Å². The van der Waals surface area contributed by atoms with E-state index < -0.39 is 9.84 Å². The summed E-state index contributed by atoms with van der Waals surface area (Å²) in [6.07, 6.45) is 0.148. The lowest BCUT2D eigenvalue weighted by molar-refractivity contribution is -0.130. The SMILES string of the molecule is CC(C)CS(=O)(=O)CCC(=O)N1C[C@@H]2[C@H](C1)C2(C)C. The van der Waals surface area contributed by atoms with Crippen molar-refractivity contribution in [2.45, 2.75) is 34.1 Å². The summed E-state index contributed by atoms with van der Waals surface area (Å²) < 4.78 is 23.5. The van der Waals surface area contributed by atoms with Crippen molar-refractivity contribution in [3.05, 3.63) is 0 Å². The highest BCUT2D eigenvalue weighted by Crippen LogP contribution is 2.61. The standard InChI is InChI=1S/C14H25NO3S/c1-10(2)9-19(17,18)6-5-13(16)15-7-11-12(8-15)14(11,3)4/h10-12H,5-9H2,1-4H3/t11-,12+. The van der Waals surface area contributed by atoms with Gasteiger partial charge in [-0.1, -0.05) is 27.7 Å². The van der Waals surface area contributed by atoms with E-state index in [2.05, 4.69) is 13.8 Å². The Balaban J connectivity index is 1.78. The second-order valence-electron chi connectivity index (χ2n) is 7.09. The van der Waals surface area contributed by atoms with Crippen LogP contribution in [0.5, 0.6) is 0 Å². The largest absolute Gasteiger partial charge is 0.342 e. The minimum Gasteiger partial charge on any atom is -0.342 e. The van der Waals surface area contributed by atoms with E-state index in [-0.39, 0.29) is 29.8 Å². The third-order valence-corrected chi connectivity index (χ3v) is 6.69. The highest BCUT2D eigenvalue weighted by molar-refractivity contribution is 7.91. The van der Waals surface area contributed by atoms with Crippen LogP contribution in [0.4, 0.5) is 0 Å². The van der Waals surface area contributed by atoms with Crippen LogP contribution in [0, 0.1) is 23.2 Å². The average Bonchev–Trinajstić information content (AvgIpc) is 2.66. The summed E-state index contributed by atoms with van der Waals surface area (Å²) in [4.78, 5) is 13.9. The van der Waals surface area contributed by atoms with Crippen molar-refractivity contribution >= 4 is 15.7 Å². The molecule has 1 heterocycles. The summed E-state index contributed by atoms with van der Waals surface area (Å²) in [5, 5.41) is 0. The van der Waals surface area contributed by atoms with Crippen LogP contribution in [0.3, 0.4) is 0 Å². The van der Waals surface area contributed by atoms with Gasteiger partial charge in [-0.3, -0.25) is 4.79 Å². The van der Waals surface area contributed by atoms with Gasteiger partial charge in [0.05, 0.1) is 11.5 Å². The quantitative estimate of drug-likeness (QED) is 0.771. The van der Waals surface area contributed by atoms with Crippen LogP contribution < -0.4 is 0 Å². The van der Waals surface area contributed by atoms with Crippen molar-refractivity contribution in [1.29, 1.82) is 0 Å². The van der Waals surface area contributed by atoms with Gasteiger partial charge in [-0.25, -0.2) is 8.42 Å². The summed E-state index contributed by atoms with van der Waals surface area (Å²) in [5.74, 6) is 1.57. The number of nitrogens with zero attached hydrogens (tertiary/aromatic N) is 1. The first kappa shape index (κ1) is 14.8. The molecular weight excluding hydrogens is 262 g/mol. The molecule has 1 saturated heterocycles. The van der Waals surface area contributed by atoms with Gasteiger partial charge in [0.15, 0.2) is 9.84 Å². The zero-order chi connectivity index (χ0) is 14.4. The van der Waals surface area contributed by atoms with Gasteiger partial charge in [0, 0.05) is 19.5 Å². The minimum atomic E-state index is -3.08. The van der Waals surface area contributed by atoms with Crippen molar-refractivity contribution in [3.63, 3.8) is 0 Å². The molecule has 0 aromatic rings. The fourth-order valence-corrected chi connectivity index (χ4v) is 5.00. The fourth-order valence-electron chi connectivity index (χ4n) is 3.33. The number of sulfone groups is 1. The number of carbonyl (C=O) groups is 1. The summed E-state index contributed by atoms with van der Waals surface area (Å²) in [6, 6.07) is 0. The molecular formula is C14H25NO3S. The van der Waals surface area contributed by atoms with Crippen LogP contribution >= 0.6 is 0 Å². The Morgan fingerprint density at radius 2 is 1.79 bits per heavy atom. The number of likely N-dealkylation sites (tertiary alicyclic amines) is 1. The molecule has 1 aliphatic carbocycles. The number of rotatable bonds is 5. The molecule has 2 fully saturated rings. The van der Waals surface area contributed by atoms with E-state index in [9.17, 15) is 13.2 Å². The summed E-state index contributed by atoms with van der Waals surface area (Å²) in [6.45, 7) is 9.90. The molecule has 0 radical (unpaired) electrons. The van der Waals surface area contributed by atoms with E-state index >= 15 is 0 Å². The molecule has 2 rings (SSSR count). The molecule has 2 atom stereocenters. The van der Waals surface area contributed by atoms with Crippen LogP contribution in [-0.4, -0.2) is 43.8 Å². The number of hydrogen-bond donors (Lipinski definition) is 0. The molecule has 0 bridgehead atoms. The number of piperidine rings is 1. The molecule has 2 aliphatic rings. The van der Waals surface area contributed by atoms with Gasteiger partial charge in [-0.2, -0.15) is 0 Å². The van der Waals surface area contributed by atoms with Crippen LogP contribution in [0.1, 0.15) is 34.1 Å². The van der Waals surface area contributed by atoms with Crippen molar-refractivity contribution in [2.75, 3.05) is 24.6 Å². The maximum atomic E-state index is 12.0. The van der Waals surface area contributed by atoms with Crippen molar-refractivity contribution < 1.29 is 13.2 Å². The second-order valence-corrected chi connectivity index (χ2v) is 9.32. The Bertz CT molecular complexity index is 453. The summed E-state index contributed by atoms with van der Waals surface area (Å²) in [7, 11) is -3.08. The van der Waals surface area contributed by atoms with Gasteiger partial charge in [-0.15, -0.1) is 0 Å². The Kier molecular flexibility index (Phi) is 3.71. The van der Waals surface area contributed by atoms with Gasteiger partial charge in [0.1, 0.15) is 0 Å². The molecule has 1 amide bonds. The molecule has 4 nitrogen and oxygen atoms in total. The second kappa shape index (κ2) is 4.76. The third-order valence-electron chi connectivity index (χ3n) is 4.69. The highest BCUT2D eigenvalue weighted by atomic mass is 32.2. The average molecular weight is 287 g/mol. The lowest BCUT2D eigenvalue weighted by atomic mass is 10.1.